The Morgan fingerprint density at radius 3 is 1.07 bits per heavy atom. The maximum atomic E-state index is 6.12. The van der Waals surface area contributed by atoms with Crippen molar-refractivity contribution < 1.29 is 9.31 Å². The summed E-state index contributed by atoms with van der Waals surface area (Å²) >= 11 is 9.58. The highest BCUT2D eigenvalue weighted by molar-refractivity contribution is 8.80. The molecule has 3 nitrogen and oxygen atoms in total. The Bertz CT molecular complexity index is 2910. The number of hydrogen-bond acceptors (Lipinski definition) is 5. The lowest BCUT2D eigenvalue weighted by atomic mass is 9.78. The molecule has 0 saturated carbocycles. The zero-order valence-electron chi connectivity index (χ0n) is 29.0. The molecule has 2 aromatic rings. The van der Waals surface area contributed by atoms with Crippen molar-refractivity contribution in [3.05, 3.63) is 48.2 Å². The van der Waals surface area contributed by atoms with Crippen LogP contribution in [0.25, 0.3) is 11.3 Å². The first-order chi connectivity index (χ1) is 26.9. The molecule has 1 aliphatic rings. The number of rotatable bonds is 2. The van der Waals surface area contributed by atoms with Crippen LogP contribution in [0, 0.1) is 0 Å². The lowest BCUT2D eigenvalue weighted by Crippen LogP contribution is -2.41. The predicted octanol–water partition coefficient (Wildman–Crippen LogP) is 4.27. The molecule has 56 heavy (non-hydrogen) atoms. The molecular formula is C21H28BNO2S31. The van der Waals surface area contributed by atoms with Crippen LogP contribution in [0.3, 0.4) is 0 Å². The highest BCUT2D eigenvalue weighted by atomic mass is 33.5. The molecule has 1 fully saturated rings. The van der Waals surface area contributed by atoms with Crippen LogP contribution in [0.1, 0.15) is 54.0 Å². The maximum absolute atomic E-state index is 6.12. The van der Waals surface area contributed by atoms with Gasteiger partial charge in [0, 0.05) is 292 Å². The van der Waals surface area contributed by atoms with Gasteiger partial charge in [0.15, 0.2) is 0 Å². The molecule has 0 bridgehead atoms. The summed E-state index contributed by atoms with van der Waals surface area (Å²) < 4.78 is 12.2. The normalized spacial score (nSPS) is 12.8. The lowest BCUT2D eigenvalue weighted by molar-refractivity contribution is 0.00578. The van der Waals surface area contributed by atoms with Gasteiger partial charge in [-0.2, -0.15) is 0 Å². The van der Waals surface area contributed by atoms with Crippen molar-refractivity contribution in [1.82, 2.24) is 4.98 Å². The molecule has 0 spiro atoms. The molecule has 0 amide bonds. The summed E-state index contributed by atoms with van der Waals surface area (Å²) in [6.07, 6.45) is 1.89. The van der Waals surface area contributed by atoms with E-state index in [2.05, 4.69) is 89.8 Å². The summed E-state index contributed by atoms with van der Waals surface area (Å²) in [5.74, 6) is 0. The molecular weight excluding hydrogens is 1300 g/mol. The molecule has 1 aromatic carbocycles. The van der Waals surface area contributed by atoms with Crippen molar-refractivity contribution in [2.24, 2.45) is 0 Å². The van der Waals surface area contributed by atoms with Crippen molar-refractivity contribution in [1.29, 1.82) is 0 Å². The topological polar surface area (TPSA) is 31.4 Å². The monoisotopic (exact) mass is 1330 g/mol. The van der Waals surface area contributed by atoms with Gasteiger partial charge in [0.2, 0.25) is 0 Å². The van der Waals surface area contributed by atoms with E-state index < -0.39 is 0 Å². The highest BCUT2D eigenvalue weighted by Gasteiger charge is 2.51. The number of benzene rings is 1. The van der Waals surface area contributed by atoms with Gasteiger partial charge in [-0.25, -0.2) is 0 Å². The minimum Gasteiger partial charge on any atom is -0.399 e. The fraction of sp³-hybridized carbons (Fsp3) is 0.476. The fourth-order valence-corrected chi connectivity index (χ4v) is 77.2. The van der Waals surface area contributed by atoms with E-state index in [0.717, 1.165) is 16.7 Å². The Balaban J connectivity index is 0.000000393. The van der Waals surface area contributed by atoms with E-state index >= 15 is 0 Å². The summed E-state index contributed by atoms with van der Waals surface area (Å²) in [4.78, 5) is 4.53. The molecule has 0 atom stereocenters. The number of hydrogen-bond donors (Lipinski definition) is 0. The molecule has 2 heterocycles. The minimum atomic E-state index is -0.326. The lowest BCUT2D eigenvalue weighted by Gasteiger charge is -2.32. The van der Waals surface area contributed by atoms with Gasteiger partial charge in [-0.1, -0.05) is 45.0 Å². The van der Waals surface area contributed by atoms with E-state index in [0.29, 0.717) is 0 Å². The predicted molar refractivity (Wildman–Crippen MR) is 332 cm³/mol. The third-order valence-corrected chi connectivity index (χ3v) is 68.4. The molecule has 0 aliphatic carbocycles. The first-order valence-corrected chi connectivity index (χ1v) is 53.9. The van der Waals surface area contributed by atoms with Gasteiger partial charge < -0.3 is 9.31 Å². The van der Waals surface area contributed by atoms with E-state index in [4.69, 9.17) is 31.7 Å². The van der Waals surface area contributed by atoms with Gasteiger partial charge in [-0.15, -0.1) is 0 Å². The number of aromatic nitrogens is 1. The van der Waals surface area contributed by atoms with Crippen LogP contribution in [0.4, 0.5) is 0 Å². The number of pyridine rings is 1. The summed E-state index contributed by atoms with van der Waals surface area (Å²) in [6.45, 7) is 14.9. The Morgan fingerprint density at radius 2 is 0.786 bits per heavy atom. The molecule has 1 aromatic heterocycles. The van der Waals surface area contributed by atoms with Crippen molar-refractivity contribution in [3.63, 3.8) is 0 Å². The molecule has 0 radical (unpaired) electrons. The van der Waals surface area contributed by atoms with Gasteiger partial charge in [0.05, 0.1) is 16.9 Å². The molecule has 1 aliphatic heterocycles. The van der Waals surface area contributed by atoms with Crippen molar-refractivity contribution >= 4 is 292 Å². The zero-order chi connectivity index (χ0) is 41.0. The van der Waals surface area contributed by atoms with Gasteiger partial charge in [-0.05, 0) is 56.3 Å². The first-order valence-electron chi connectivity index (χ1n) is 13.9. The first kappa shape index (κ1) is 57.3. The zero-order valence-corrected chi connectivity index (χ0v) is 54.3. The van der Waals surface area contributed by atoms with E-state index in [1.807, 2.05) is 139 Å². The Labute approximate surface area is 422 Å². The van der Waals surface area contributed by atoms with E-state index in [9.17, 15) is 0 Å². The number of nitrogens with zero attached hydrogens (tertiary/aromatic N) is 1. The summed E-state index contributed by atoms with van der Waals surface area (Å²) in [6, 6.07) is 12.6. The van der Waals surface area contributed by atoms with E-state index in [1.165, 1.54) is 23.3 Å². The average molecular weight is 1330 g/mol. The third-order valence-electron chi connectivity index (χ3n) is 6.14. The summed E-state index contributed by atoms with van der Waals surface area (Å²) in [5, 5.41) is 0. The molecule has 318 valence electrons. The average Bonchev–Trinajstić information content (AvgIpc) is 3.40. The second kappa shape index (κ2) is 35.4. The quantitative estimate of drug-likeness (QED) is 0.421. The van der Waals surface area contributed by atoms with Crippen molar-refractivity contribution in [2.75, 3.05) is 0 Å². The molecule has 0 unspecified atom stereocenters. The van der Waals surface area contributed by atoms with Crippen LogP contribution in [-0.4, -0.2) is 23.3 Å². The molecule has 1 saturated heterocycles. The van der Waals surface area contributed by atoms with Gasteiger partial charge in [0.25, 0.3) is 0 Å². The SMILES string of the molecule is CC(C)(C)c1ccnc(-c2ccc(B3OC(C)(C)C(C)(C)O3)cc2)c1.S=S=S=S=S=S=S=S=S=S=S=S=S=S=S=S=S=S=S=S=S=S=S=S=S=S=S=S=S=S=S. The smallest absolute Gasteiger partial charge is 0.399 e. The minimum absolute atomic E-state index is 0.111. The molecule has 0 N–H and O–H groups in total. The van der Waals surface area contributed by atoms with Crippen molar-refractivity contribution in [2.45, 2.75) is 65.1 Å². The third kappa shape index (κ3) is 27.0. The molecule has 3 rings (SSSR count). The molecule has 35 heteroatoms. The van der Waals surface area contributed by atoms with E-state index in [-0.39, 0.29) is 23.7 Å². The largest absolute Gasteiger partial charge is 0.494 e. The van der Waals surface area contributed by atoms with Gasteiger partial charge >= 0.3 is 7.12 Å². The second-order valence-corrected chi connectivity index (χ2v) is 62.2. The van der Waals surface area contributed by atoms with Crippen LogP contribution in [-0.2, 0) is 295 Å². The summed E-state index contributed by atoms with van der Waals surface area (Å²) in [7, 11) is 50.6. The van der Waals surface area contributed by atoms with Crippen LogP contribution in [0.2, 0.25) is 0 Å². The standard InChI is InChI=1S/C21H28BNO2.S31/c1-19(2,3)16-12-13-23-18(14-16)15-8-10-17(11-9-15)22-24-20(4,5)21(6,7)25-22;1-3-5-7-9-11-13-15-17-19-21-23-25-27-29-31-30-28-26-24-22-20-18-16-14-12-10-8-6-4-2/h8-14H,1-7H3;. The summed E-state index contributed by atoms with van der Waals surface area (Å²) in [5.41, 5.74) is 3.89. The highest BCUT2D eigenvalue weighted by Crippen LogP contribution is 2.36. The van der Waals surface area contributed by atoms with Gasteiger partial charge in [0.1, 0.15) is 0 Å². The Hall–Kier alpha value is 5.17. The fourth-order valence-electron chi connectivity index (χ4n) is 3.15. The van der Waals surface area contributed by atoms with Crippen LogP contribution in [0.15, 0.2) is 42.6 Å². The van der Waals surface area contributed by atoms with Crippen molar-refractivity contribution in [3.8, 4) is 11.3 Å². The van der Waals surface area contributed by atoms with Gasteiger partial charge in [-0.3, -0.25) is 4.98 Å². The second-order valence-electron chi connectivity index (χ2n) is 10.9. The maximum Gasteiger partial charge on any atom is 0.494 e. The Morgan fingerprint density at radius 1 is 0.482 bits per heavy atom. The van der Waals surface area contributed by atoms with Crippen LogP contribution < -0.4 is 5.46 Å². The van der Waals surface area contributed by atoms with Crippen LogP contribution in [0.5, 0.6) is 0 Å². The van der Waals surface area contributed by atoms with E-state index in [1.54, 1.807) is 107 Å². The van der Waals surface area contributed by atoms with Crippen LogP contribution >= 0.6 is 0 Å². The Kier molecular flexibility index (Phi) is 36.2.